The number of carbonyl (C=O) groups is 1. The molecule has 2 saturated heterocycles. The number of likely N-dealkylation sites (tertiary alicyclic amines) is 1. The summed E-state index contributed by atoms with van der Waals surface area (Å²) in [5.41, 5.74) is 4.17. The van der Waals surface area contributed by atoms with Gasteiger partial charge in [-0.25, -0.2) is 4.79 Å². The minimum atomic E-state index is -0.426. The smallest absolute Gasteiger partial charge is 0.410 e. The molecule has 3 heterocycles. The second-order valence-corrected chi connectivity index (χ2v) is 9.43. The number of anilines is 1. The number of hydrogen-bond donors (Lipinski definition) is 2. The van der Waals surface area contributed by atoms with Crippen molar-refractivity contribution in [2.45, 2.75) is 63.4 Å². The van der Waals surface area contributed by atoms with E-state index in [1.165, 1.54) is 29.7 Å². The van der Waals surface area contributed by atoms with Crippen LogP contribution in [0.5, 0.6) is 0 Å². The van der Waals surface area contributed by atoms with Crippen molar-refractivity contribution in [1.29, 1.82) is 0 Å². The van der Waals surface area contributed by atoms with Crippen LogP contribution in [0.4, 0.5) is 10.5 Å². The van der Waals surface area contributed by atoms with E-state index in [0.29, 0.717) is 11.3 Å². The van der Waals surface area contributed by atoms with Crippen molar-refractivity contribution in [3.63, 3.8) is 0 Å². The van der Waals surface area contributed by atoms with Gasteiger partial charge in [0.2, 0.25) is 0 Å². The molecular formula is C22H33N3O2. The lowest BCUT2D eigenvalue weighted by Crippen LogP contribution is -2.41. The Morgan fingerprint density at radius 1 is 1.19 bits per heavy atom. The molecule has 0 aromatic heterocycles. The number of piperidine rings is 2. The van der Waals surface area contributed by atoms with Crippen molar-refractivity contribution in [1.82, 2.24) is 10.2 Å². The SMILES string of the molecule is CC(C)(C)OC(=O)N1CCC(c2ccc3c(c2)NCC32CCNCC2)CC1. The Morgan fingerprint density at radius 2 is 1.89 bits per heavy atom. The van der Waals surface area contributed by atoms with Crippen LogP contribution in [0, 0.1) is 0 Å². The summed E-state index contributed by atoms with van der Waals surface area (Å²) in [6, 6.07) is 7.08. The first-order valence-corrected chi connectivity index (χ1v) is 10.4. The van der Waals surface area contributed by atoms with Crippen LogP contribution in [0.15, 0.2) is 18.2 Å². The Morgan fingerprint density at radius 3 is 2.56 bits per heavy atom. The van der Waals surface area contributed by atoms with Crippen LogP contribution in [0.25, 0.3) is 0 Å². The summed E-state index contributed by atoms with van der Waals surface area (Å²) in [4.78, 5) is 14.1. The number of nitrogens with one attached hydrogen (secondary N) is 2. The van der Waals surface area contributed by atoms with Gasteiger partial charge in [-0.15, -0.1) is 0 Å². The summed E-state index contributed by atoms with van der Waals surface area (Å²) in [6.07, 6.45) is 4.28. The number of amides is 1. The largest absolute Gasteiger partial charge is 0.444 e. The highest BCUT2D eigenvalue weighted by Crippen LogP contribution is 2.44. The predicted octanol–water partition coefficient (Wildman–Crippen LogP) is 3.85. The quantitative estimate of drug-likeness (QED) is 0.787. The van der Waals surface area contributed by atoms with E-state index in [-0.39, 0.29) is 6.09 Å². The van der Waals surface area contributed by atoms with Crippen LogP contribution >= 0.6 is 0 Å². The highest BCUT2D eigenvalue weighted by Gasteiger charge is 2.40. The van der Waals surface area contributed by atoms with E-state index in [9.17, 15) is 4.79 Å². The molecule has 0 radical (unpaired) electrons. The number of benzene rings is 1. The maximum Gasteiger partial charge on any atom is 0.410 e. The Hall–Kier alpha value is -1.75. The van der Waals surface area contributed by atoms with Crippen molar-refractivity contribution in [3.8, 4) is 0 Å². The van der Waals surface area contributed by atoms with Gasteiger partial charge in [-0.1, -0.05) is 12.1 Å². The van der Waals surface area contributed by atoms with Crippen molar-refractivity contribution in [2.24, 2.45) is 0 Å². The molecule has 5 heteroatoms. The molecule has 0 saturated carbocycles. The van der Waals surface area contributed by atoms with E-state index in [1.54, 1.807) is 0 Å². The van der Waals surface area contributed by atoms with Gasteiger partial charge in [0.25, 0.3) is 0 Å². The molecule has 1 spiro atoms. The molecule has 1 aromatic carbocycles. The predicted molar refractivity (Wildman–Crippen MR) is 108 cm³/mol. The summed E-state index contributed by atoms with van der Waals surface area (Å²) in [5, 5.41) is 7.17. The molecule has 2 N–H and O–H groups in total. The lowest BCUT2D eigenvalue weighted by Gasteiger charge is -2.35. The molecule has 4 rings (SSSR count). The van der Waals surface area contributed by atoms with E-state index in [1.807, 2.05) is 25.7 Å². The molecule has 3 aliphatic heterocycles. The highest BCUT2D eigenvalue weighted by atomic mass is 16.6. The third-order valence-electron chi connectivity index (χ3n) is 6.41. The van der Waals surface area contributed by atoms with Crippen LogP contribution in [0.3, 0.4) is 0 Å². The second kappa shape index (κ2) is 7.01. The normalized spacial score (nSPS) is 22.4. The number of rotatable bonds is 1. The molecule has 0 bridgehead atoms. The minimum absolute atomic E-state index is 0.176. The molecule has 148 valence electrons. The topological polar surface area (TPSA) is 53.6 Å². The van der Waals surface area contributed by atoms with Gasteiger partial charge >= 0.3 is 6.09 Å². The minimum Gasteiger partial charge on any atom is -0.444 e. The number of hydrogen-bond acceptors (Lipinski definition) is 4. The molecule has 0 aliphatic carbocycles. The van der Waals surface area contributed by atoms with Gasteiger partial charge in [0.1, 0.15) is 5.60 Å². The Balaban J connectivity index is 1.41. The van der Waals surface area contributed by atoms with Crippen molar-refractivity contribution in [3.05, 3.63) is 29.3 Å². The monoisotopic (exact) mass is 371 g/mol. The summed E-state index contributed by atoms with van der Waals surface area (Å²) >= 11 is 0. The van der Waals surface area contributed by atoms with Crippen molar-refractivity contribution >= 4 is 11.8 Å². The lowest BCUT2D eigenvalue weighted by molar-refractivity contribution is 0.0205. The van der Waals surface area contributed by atoms with Crippen LogP contribution < -0.4 is 10.6 Å². The van der Waals surface area contributed by atoms with E-state index in [2.05, 4.69) is 28.8 Å². The molecule has 2 fully saturated rings. The molecule has 0 unspecified atom stereocenters. The lowest BCUT2D eigenvalue weighted by atomic mass is 9.74. The van der Waals surface area contributed by atoms with Gasteiger partial charge in [0.15, 0.2) is 0 Å². The van der Waals surface area contributed by atoms with Crippen LogP contribution in [-0.2, 0) is 10.2 Å². The zero-order valence-corrected chi connectivity index (χ0v) is 16.9. The van der Waals surface area contributed by atoms with Crippen molar-refractivity contribution < 1.29 is 9.53 Å². The summed E-state index contributed by atoms with van der Waals surface area (Å²) in [6.45, 7) is 10.6. The van der Waals surface area contributed by atoms with Gasteiger partial charge in [-0.05, 0) is 82.7 Å². The molecule has 3 aliphatic rings. The van der Waals surface area contributed by atoms with Crippen LogP contribution in [0.2, 0.25) is 0 Å². The number of fused-ring (bicyclic) bond motifs is 2. The maximum atomic E-state index is 12.3. The molecule has 5 nitrogen and oxygen atoms in total. The fraction of sp³-hybridized carbons (Fsp3) is 0.682. The zero-order valence-electron chi connectivity index (χ0n) is 16.9. The zero-order chi connectivity index (χ0) is 19.1. The third kappa shape index (κ3) is 3.79. The van der Waals surface area contributed by atoms with Gasteiger partial charge < -0.3 is 20.3 Å². The second-order valence-electron chi connectivity index (χ2n) is 9.43. The fourth-order valence-electron chi connectivity index (χ4n) is 4.86. The number of ether oxygens (including phenoxy) is 1. The molecule has 0 atom stereocenters. The third-order valence-corrected chi connectivity index (χ3v) is 6.41. The standard InChI is InChI=1S/C22H33N3O2/c1-21(2,3)27-20(26)25-12-6-16(7-13-25)17-4-5-18-19(14-17)24-15-22(18)8-10-23-11-9-22/h4-5,14,16,23-24H,6-13,15H2,1-3H3. The van der Waals surface area contributed by atoms with Gasteiger partial charge in [0, 0.05) is 30.7 Å². The maximum absolute atomic E-state index is 12.3. The van der Waals surface area contributed by atoms with Crippen LogP contribution in [-0.4, -0.2) is 49.3 Å². The molecule has 1 amide bonds. The fourth-order valence-corrected chi connectivity index (χ4v) is 4.86. The highest BCUT2D eigenvalue weighted by molar-refractivity contribution is 5.68. The van der Waals surface area contributed by atoms with Crippen molar-refractivity contribution in [2.75, 3.05) is 38.0 Å². The average molecular weight is 372 g/mol. The van der Waals surface area contributed by atoms with Crippen LogP contribution in [0.1, 0.15) is 63.5 Å². The Bertz CT molecular complexity index is 696. The first kappa shape index (κ1) is 18.6. The van der Waals surface area contributed by atoms with E-state index in [0.717, 1.165) is 45.6 Å². The van der Waals surface area contributed by atoms with E-state index in [4.69, 9.17) is 4.74 Å². The summed E-state index contributed by atoms with van der Waals surface area (Å²) < 4.78 is 5.51. The first-order chi connectivity index (χ1) is 12.9. The average Bonchev–Trinajstić information content (AvgIpc) is 2.98. The Kier molecular flexibility index (Phi) is 4.83. The first-order valence-electron chi connectivity index (χ1n) is 10.4. The van der Waals surface area contributed by atoms with E-state index < -0.39 is 5.60 Å². The summed E-state index contributed by atoms with van der Waals surface area (Å²) in [7, 11) is 0. The molecular weight excluding hydrogens is 338 g/mol. The Labute approximate surface area is 162 Å². The number of carbonyl (C=O) groups excluding carboxylic acids is 1. The van der Waals surface area contributed by atoms with Gasteiger partial charge in [-0.3, -0.25) is 0 Å². The summed E-state index contributed by atoms with van der Waals surface area (Å²) in [5.74, 6) is 0.528. The van der Waals surface area contributed by atoms with Gasteiger partial charge in [-0.2, -0.15) is 0 Å². The van der Waals surface area contributed by atoms with E-state index >= 15 is 0 Å². The number of nitrogens with zero attached hydrogens (tertiary/aromatic N) is 1. The van der Waals surface area contributed by atoms with Gasteiger partial charge in [0.05, 0.1) is 0 Å². The molecule has 27 heavy (non-hydrogen) atoms. The molecule has 1 aromatic rings.